The van der Waals surface area contributed by atoms with Crippen LogP contribution in [0.25, 0.3) is 22.4 Å². The molecular weight excluding hydrogens is 358 g/mol. The van der Waals surface area contributed by atoms with Crippen molar-refractivity contribution in [3.05, 3.63) is 96.1 Å². The third kappa shape index (κ3) is 3.67. The topological polar surface area (TPSA) is 71.9 Å². The molecule has 2 N–H and O–H groups in total. The number of nitrogen functional groups attached to an aromatic ring is 1. The smallest absolute Gasteiger partial charge is 0.142 e. The molecule has 4 aromatic rings. The van der Waals surface area contributed by atoms with Gasteiger partial charge in [-0.25, -0.2) is 4.98 Å². The lowest BCUT2D eigenvalue weighted by Gasteiger charge is -2.16. The summed E-state index contributed by atoms with van der Waals surface area (Å²) < 4.78 is 5.97. The molecule has 0 spiro atoms. The van der Waals surface area contributed by atoms with E-state index >= 15 is 0 Å². The summed E-state index contributed by atoms with van der Waals surface area (Å²) in [6, 6.07) is 29.3. The number of para-hydroxylation sites is 1. The monoisotopic (exact) mass is 377 g/mol. The fourth-order valence-electron chi connectivity index (χ4n) is 3.38. The number of rotatable bonds is 4. The molecule has 4 heteroatoms. The second-order valence-corrected chi connectivity index (χ2v) is 6.64. The van der Waals surface area contributed by atoms with Crippen LogP contribution in [0.15, 0.2) is 84.9 Å². The van der Waals surface area contributed by atoms with E-state index in [1.165, 1.54) is 0 Å². The molecule has 140 valence electrons. The molecule has 0 atom stereocenters. The molecule has 0 bridgehead atoms. The van der Waals surface area contributed by atoms with Crippen LogP contribution in [-0.2, 0) is 0 Å². The Kier molecular flexibility index (Phi) is 4.96. The Hall–Kier alpha value is -4.10. The van der Waals surface area contributed by atoms with E-state index < -0.39 is 0 Å². The summed E-state index contributed by atoms with van der Waals surface area (Å²) in [6.07, 6.45) is 0. The normalized spacial score (nSPS) is 10.3. The molecule has 0 radical (unpaired) electrons. The van der Waals surface area contributed by atoms with Gasteiger partial charge in [0.05, 0.1) is 5.69 Å². The van der Waals surface area contributed by atoms with E-state index in [1.807, 2.05) is 91.9 Å². The molecule has 0 fully saturated rings. The fraction of sp³-hybridized carbons (Fsp3) is 0.0400. The van der Waals surface area contributed by atoms with E-state index in [0.717, 1.165) is 33.7 Å². The van der Waals surface area contributed by atoms with Crippen molar-refractivity contribution in [1.82, 2.24) is 4.98 Å². The van der Waals surface area contributed by atoms with Gasteiger partial charge in [0.15, 0.2) is 0 Å². The molecule has 0 aliphatic rings. The molecule has 0 aliphatic carbocycles. The van der Waals surface area contributed by atoms with E-state index in [4.69, 9.17) is 10.5 Å². The SMILES string of the molecule is Cc1c(-c2ccccc2)nc(N)c(C#N)c1-c1cccc(Oc2ccccc2)c1. The summed E-state index contributed by atoms with van der Waals surface area (Å²) in [4.78, 5) is 4.51. The summed E-state index contributed by atoms with van der Waals surface area (Å²) in [7, 11) is 0. The van der Waals surface area contributed by atoms with Gasteiger partial charge in [0.2, 0.25) is 0 Å². The fourth-order valence-corrected chi connectivity index (χ4v) is 3.38. The highest BCUT2D eigenvalue weighted by Crippen LogP contribution is 2.37. The maximum absolute atomic E-state index is 9.75. The predicted molar refractivity (Wildman–Crippen MR) is 115 cm³/mol. The molecule has 1 aromatic heterocycles. The van der Waals surface area contributed by atoms with Gasteiger partial charge < -0.3 is 10.5 Å². The van der Waals surface area contributed by atoms with E-state index in [0.29, 0.717) is 11.3 Å². The van der Waals surface area contributed by atoms with Crippen molar-refractivity contribution in [2.75, 3.05) is 5.73 Å². The van der Waals surface area contributed by atoms with Crippen molar-refractivity contribution >= 4 is 5.82 Å². The van der Waals surface area contributed by atoms with Crippen molar-refractivity contribution < 1.29 is 4.74 Å². The van der Waals surface area contributed by atoms with Crippen LogP contribution < -0.4 is 10.5 Å². The van der Waals surface area contributed by atoms with Crippen molar-refractivity contribution in [2.24, 2.45) is 0 Å². The van der Waals surface area contributed by atoms with Crippen molar-refractivity contribution in [3.63, 3.8) is 0 Å². The van der Waals surface area contributed by atoms with Crippen LogP contribution in [0.5, 0.6) is 11.5 Å². The first-order valence-electron chi connectivity index (χ1n) is 9.26. The van der Waals surface area contributed by atoms with E-state index in [9.17, 15) is 5.26 Å². The number of anilines is 1. The second-order valence-electron chi connectivity index (χ2n) is 6.64. The zero-order valence-electron chi connectivity index (χ0n) is 16.0. The van der Waals surface area contributed by atoms with Crippen molar-refractivity contribution in [2.45, 2.75) is 6.92 Å². The van der Waals surface area contributed by atoms with Gasteiger partial charge in [-0.1, -0.05) is 60.7 Å². The predicted octanol–water partition coefficient (Wildman–Crippen LogP) is 5.97. The lowest BCUT2D eigenvalue weighted by Crippen LogP contribution is -2.03. The molecule has 0 saturated heterocycles. The number of nitrogens with zero attached hydrogens (tertiary/aromatic N) is 2. The molecule has 4 nitrogen and oxygen atoms in total. The van der Waals surface area contributed by atoms with Crippen LogP contribution in [0.3, 0.4) is 0 Å². The van der Waals surface area contributed by atoms with Crippen LogP contribution in [0.1, 0.15) is 11.1 Å². The number of nitrogens with two attached hydrogens (primary N) is 1. The van der Waals surface area contributed by atoms with Crippen LogP contribution in [0.4, 0.5) is 5.82 Å². The first-order valence-corrected chi connectivity index (χ1v) is 9.26. The van der Waals surface area contributed by atoms with Gasteiger partial charge in [-0.15, -0.1) is 0 Å². The molecule has 0 aliphatic heterocycles. The summed E-state index contributed by atoms with van der Waals surface area (Å²) in [5.41, 5.74) is 10.8. The summed E-state index contributed by atoms with van der Waals surface area (Å²) >= 11 is 0. The standard InChI is InChI=1S/C25H19N3O/c1-17-23(19-11-8-14-21(15-19)29-20-12-6-3-7-13-20)22(16-26)25(27)28-24(17)18-9-4-2-5-10-18/h2-15H,1H3,(H2,27,28). The van der Waals surface area contributed by atoms with E-state index in [-0.39, 0.29) is 5.82 Å². The zero-order chi connectivity index (χ0) is 20.2. The highest BCUT2D eigenvalue weighted by Gasteiger charge is 2.18. The van der Waals surface area contributed by atoms with Gasteiger partial charge >= 0.3 is 0 Å². The Morgan fingerprint density at radius 3 is 2.14 bits per heavy atom. The lowest BCUT2D eigenvalue weighted by molar-refractivity contribution is 0.483. The van der Waals surface area contributed by atoms with Crippen LogP contribution in [0.2, 0.25) is 0 Å². The summed E-state index contributed by atoms with van der Waals surface area (Å²) in [5.74, 6) is 1.66. The molecule has 0 saturated carbocycles. The number of benzene rings is 3. The molecule has 29 heavy (non-hydrogen) atoms. The minimum atomic E-state index is 0.223. The van der Waals surface area contributed by atoms with E-state index in [1.54, 1.807) is 0 Å². The number of hydrogen-bond donors (Lipinski definition) is 1. The first-order chi connectivity index (χ1) is 14.2. The molecule has 4 rings (SSSR count). The second kappa shape index (κ2) is 7.87. The molecular formula is C25H19N3O. The minimum absolute atomic E-state index is 0.223. The van der Waals surface area contributed by atoms with E-state index in [2.05, 4.69) is 11.1 Å². The van der Waals surface area contributed by atoms with Gasteiger partial charge in [0, 0.05) is 11.1 Å². The third-order valence-electron chi connectivity index (χ3n) is 4.73. The summed E-state index contributed by atoms with van der Waals surface area (Å²) in [6.45, 7) is 1.97. The Bertz CT molecular complexity index is 1200. The van der Waals surface area contributed by atoms with Crippen LogP contribution in [-0.4, -0.2) is 4.98 Å². The Balaban J connectivity index is 1.85. The number of nitriles is 1. The first kappa shape index (κ1) is 18.3. The van der Waals surface area contributed by atoms with Crippen molar-refractivity contribution in [1.29, 1.82) is 5.26 Å². The zero-order valence-corrected chi connectivity index (χ0v) is 16.0. The number of pyridine rings is 1. The highest BCUT2D eigenvalue weighted by molar-refractivity contribution is 5.84. The average molecular weight is 377 g/mol. The largest absolute Gasteiger partial charge is 0.457 e. The van der Waals surface area contributed by atoms with Gasteiger partial charge in [-0.2, -0.15) is 5.26 Å². The highest BCUT2D eigenvalue weighted by atomic mass is 16.5. The molecule has 3 aromatic carbocycles. The Morgan fingerprint density at radius 1 is 0.828 bits per heavy atom. The Labute approximate surface area is 169 Å². The quantitative estimate of drug-likeness (QED) is 0.475. The third-order valence-corrected chi connectivity index (χ3v) is 4.73. The molecule has 0 amide bonds. The number of hydrogen-bond acceptors (Lipinski definition) is 4. The lowest BCUT2D eigenvalue weighted by atomic mass is 9.93. The van der Waals surface area contributed by atoms with Crippen LogP contribution >= 0.6 is 0 Å². The maximum atomic E-state index is 9.75. The number of aromatic nitrogens is 1. The molecule has 0 unspecified atom stereocenters. The maximum Gasteiger partial charge on any atom is 0.142 e. The van der Waals surface area contributed by atoms with Gasteiger partial charge in [0.1, 0.15) is 28.9 Å². The van der Waals surface area contributed by atoms with Crippen LogP contribution in [0, 0.1) is 18.3 Å². The summed E-state index contributed by atoms with van der Waals surface area (Å²) in [5, 5.41) is 9.75. The van der Waals surface area contributed by atoms with Gasteiger partial charge in [-0.3, -0.25) is 0 Å². The number of ether oxygens (including phenoxy) is 1. The molecule has 1 heterocycles. The Morgan fingerprint density at radius 2 is 1.45 bits per heavy atom. The van der Waals surface area contributed by atoms with Gasteiger partial charge in [0.25, 0.3) is 0 Å². The van der Waals surface area contributed by atoms with Gasteiger partial charge in [-0.05, 0) is 42.3 Å². The minimum Gasteiger partial charge on any atom is -0.457 e. The average Bonchev–Trinajstić information content (AvgIpc) is 2.76. The van der Waals surface area contributed by atoms with Crippen molar-refractivity contribution in [3.8, 4) is 40.0 Å².